The van der Waals surface area contributed by atoms with Crippen molar-refractivity contribution in [3.8, 4) is 6.07 Å². The molecule has 0 aliphatic rings. The molecule has 2 aromatic rings. The molecule has 106 valence electrons. The maximum Gasteiger partial charge on any atom is 0.335 e. The van der Waals surface area contributed by atoms with Crippen molar-refractivity contribution in [1.29, 1.82) is 5.26 Å². The van der Waals surface area contributed by atoms with E-state index in [-0.39, 0.29) is 22.6 Å². The van der Waals surface area contributed by atoms with Crippen molar-refractivity contribution in [1.82, 2.24) is 4.98 Å². The number of carboxylic acid groups (broad SMARTS) is 1. The predicted octanol–water partition coefficient (Wildman–Crippen LogP) is 3.10. The van der Waals surface area contributed by atoms with E-state index in [1.807, 2.05) is 6.92 Å². The van der Waals surface area contributed by atoms with E-state index in [2.05, 4.69) is 10.3 Å². The minimum atomic E-state index is -1.07. The quantitative estimate of drug-likeness (QED) is 0.901. The van der Waals surface area contributed by atoms with Gasteiger partial charge < -0.3 is 10.4 Å². The largest absolute Gasteiger partial charge is 0.478 e. The standard InChI is InChI=1S/C15H12FN3O2/c1-2-10-6-9(15(20)21)7-14(18-10)19-13-5-3-4-12(16)11(13)8-17/h3-7H,2H2,1H3,(H,18,19)(H,20,21). The summed E-state index contributed by atoms with van der Waals surface area (Å²) in [6.45, 7) is 1.85. The van der Waals surface area contributed by atoms with E-state index in [4.69, 9.17) is 10.4 Å². The smallest absolute Gasteiger partial charge is 0.335 e. The second kappa shape index (κ2) is 6.01. The molecule has 0 saturated carbocycles. The summed E-state index contributed by atoms with van der Waals surface area (Å²) in [7, 11) is 0. The van der Waals surface area contributed by atoms with Crippen LogP contribution in [0.2, 0.25) is 0 Å². The van der Waals surface area contributed by atoms with Crippen LogP contribution in [0.15, 0.2) is 30.3 Å². The van der Waals surface area contributed by atoms with E-state index < -0.39 is 11.8 Å². The topological polar surface area (TPSA) is 86.0 Å². The van der Waals surface area contributed by atoms with Gasteiger partial charge in [-0.15, -0.1) is 0 Å². The van der Waals surface area contributed by atoms with Crippen LogP contribution in [0.1, 0.15) is 28.5 Å². The fourth-order valence-corrected chi connectivity index (χ4v) is 1.84. The fourth-order valence-electron chi connectivity index (χ4n) is 1.84. The van der Waals surface area contributed by atoms with Gasteiger partial charge >= 0.3 is 5.97 Å². The lowest BCUT2D eigenvalue weighted by atomic mass is 10.1. The van der Waals surface area contributed by atoms with Crippen LogP contribution >= 0.6 is 0 Å². The van der Waals surface area contributed by atoms with E-state index in [0.29, 0.717) is 12.1 Å². The van der Waals surface area contributed by atoms with Gasteiger partial charge in [0.1, 0.15) is 23.3 Å². The summed E-state index contributed by atoms with van der Waals surface area (Å²) in [6, 6.07) is 8.76. The van der Waals surface area contributed by atoms with Gasteiger partial charge in [-0.05, 0) is 30.7 Å². The summed E-state index contributed by atoms with van der Waals surface area (Å²) in [5.41, 5.74) is 0.777. The molecule has 0 amide bonds. The van der Waals surface area contributed by atoms with Crippen LogP contribution in [0.5, 0.6) is 0 Å². The number of nitriles is 1. The average Bonchev–Trinajstić information content (AvgIpc) is 2.47. The molecule has 5 nitrogen and oxygen atoms in total. The number of aromatic nitrogens is 1. The highest BCUT2D eigenvalue weighted by molar-refractivity contribution is 5.89. The van der Waals surface area contributed by atoms with Crippen molar-refractivity contribution in [2.45, 2.75) is 13.3 Å². The van der Waals surface area contributed by atoms with Crippen LogP contribution in [0.3, 0.4) is 0 Å². The molecule has 6 heteroatoms. The molecule has 0 saturated heterocycles. The van der Waals surface area contributed by atoms with Crippen molar-refractivity contribution >= 4 is 17.5 Å². The van der Waals surface area contributed by atoms with Gasteiger partial charge in [0.25, 0.3) is 0 Å². The summed E-state index contributed by atoms with van der Waals surface area (Å²) in [4.78, 5) is 15.3. The molecule has 0 bridgehead atoms. The highest BCUT2D eigenvalue weighted by Gasteiger charge is 2.11. The van der Waals surface area contributed by atoms with E-state index in [0.717, 1.165) is 0 Å². The van der Waals surface area contributed by atoms with Crippen LogP contribution in [0.25, 0.3) is 0 Å². The normalized spacial score (nSPS) is 9.95. The molecule has 0 radical (unpaired) electrons. The molecular formula is C15H12FN3O2. The molecule has 2 N–H and O–H groups in total. The summed E-state index contributed by atoms with van der Waals surface area (Å²) < 4.78 is 13.5. The molecule has 1 aromatic heterocycles. The lowest BCUT2D eigenvalue weighted by Gasteiger charge is -2.10. The zero-order chi connectivity index (χ0) is 15.4. The first-order valence-corrected chi connectivity index (χ1v) is 6.25. The van der Waals surface area contributed by atoms with Gasteiger partial charge in [0.15, 0.2) is 0 Å². The molecule has 0 spiro atoms. The number of benzene rings is 1. The van der Waals surface area contributed by atoms with E-state index >= 15 is 0 Å². The molecular weight excluding hydrogens is 273 g/mol. The summed E-state index contributed by atoms with van der Waals surface area (Å²) >= 11 is 0. The third kappa shape index (κ3) is 3.15. The van der Waals surface area contributed by atoms with Crippen LogP contribution in [0.4, 0.5) is 15.9 Å². The number of hydrogen-bond acceptors (Lipinski definition) is 4. The van der Waals surface area contributed by atoms with Gasteiger partial charge in [0, 0.05) is 5.69 Å². The Balaban J connectivity index is 2.45. The Morgan fingerprint density at radius 2 is 2.24 bits per heavy atom. The fraction of sp³-hybridized carbons (Fsp3) is 0.133. The second-order valence-corrected chi connectivity index (χ2v) is 4.29. The van der Waals surface area contributed by atoms with E-state index in [1.165, 1.54) is 30.3 Å². The van der Waals surface area contributed by atoms with Gasteiger partial charge in [0.05, 0.1) is 11.3 Å². The molecule has 0 fully saturated rings. The van der Waals surface area contributed by atoms with Crippen LogP contribution in [0, 0.1) is 17.1 Å². The van der Waals surface area contributed by atoms with Crippen LogP contribution in [-0.4, -0.2) is 16.1 Å². The molecule has 1 aromatic carbocycles. The minimum absolute atomic E-state index is 0.0826. The minimum Gasteiger partial charge on any atom is -0.478 e. The summed E-state index contributed by atoms with van der Waals surface area (Å²) in [6.07, 6.45) is 0.560. The van der Waals surface area contributed by atoms with Gasteiger partial charge in [0.2, 0.25) is 0 Å². The molecule has 0 unspecified atom stereocenters. The third-order valence-corrected chi connectivity index (χ3v) is 2.88. The molecule has 0 aliphatic heterocycles. The number of anilines is 2. The zero-order valence-corrected chi connectivity index (χ0v) is 11.2. The number of nitrogens with zero attached hydrogens (tertiary/aromatic N) is 2. The van der Waals surface area contributed by atoms with Gasteiger partial charge in [-0.1, -0.05) is 13.0 Å². The third-order valence-electron chi connectivity index (χ3n) is 2.88. The van der Waals surface area contributed by atoms with Crippen molar-refractivity contribution in [2.75, 3.05) is 5.32 Å². The number of pyridine rings is 1. The molecule has 0 atom stereocenters. The first-order valence-electron chi connectivity index (χ1n) is 6.25. The Bertz CT molecular complexity index is 738. The van der Waals surface area contributed by atoms with Crippen LogP contribution in [-0.2, 0) is 6.42 Å². The molecule has 0 aliphatic carbocycles. The lowest BCUT2D eigenvalue weighted by molar-refractivity contribution is 0.0696. The van der Waals surface area contributed by atoms with E-state index in [1.54, 1.807) is 6.07 Å². The maximum atomic E-state index is 13.5. The second-order valence-electron chi connectivity index (χ2n) is 4.29. The number of nitrogens with one attached hydrogen (secondary N) is 1. The lowest BCUT2D eigenvalue weighted by Crippen LogP contribution is -2.04. The molecule has 2 rings (SSSR count). The zero-order valence-electron chi connectivity index (χ0n) is 11.2. The number of hydrogen-bond donors (Lipinski definition) is 2. The Morgan fingerprint density at radius 3 is 2.86 bits per heavy atom. The number of aryl methyl sites for hydroxylation is 1. The van der Waals surface area contributed by atoms with Crippen molar-refractivity contribution in [2.24, 2.45) is 0 Å². The monoisotopic (exact) mass is 285 g/mol. The summed E-state index contributed by atoms with van der Waals surface area (Å²) in [5.74, 6) is -1.46. The van der Waals surface area contributed by atoms with Crippen LogP contribution < -0.4 is 5.32 Å². The van der Waals surface area contributed by atoms with Gasteiger partial charge in [-0.2, -0.15) is 5.26 Å². The molecule has 1 heterocycles. The average molecular weight is 285 g/mol. The number of carboxylic acids is 1. The van der Waals surface area contributed by atoms with Crippen molar-refractivity contribution < 1.29 is 14.3 Å². The first-order chi connectivity index (χ1) is 10.0. The van der Waals surface area contributed by atoms with Crippen molar-refractivity contribution in [3.63, 3.8) is 0 Å². The first kappa shape index (κ1) is 14.5. The van der Waals surface area contributed by atoms with Gasteiger partial charge in [-0.25, -0.2) is 14.2 Å². The number of carbonyl (C=O) groups is 1. The van der Waals surface area contributed by atoms with Crippen molar-refractivity contribution in [3.05, 3.63) is 53.0 Å². The maximum absolute atomic E-state index is 13.5. The van der Waals surface area contributed by atoms with E-state index in [9.17, 15) is 9.18 Å². The highest BCUT2D eigenvalue weighted by Crippen LogP contribution is 2.22. The Hall–Kier alpha value is -2.94. The predicted molar refractivity (Wildman–Crippen MR) is 75.0 cm³/mol. The SMILES string of the molecule is CCc1cc(C(=O)O)cc(Nc2cccc(F)c2C#N)n1. The Morgan fingerprint density at radius 1 is 1.48 bits per heavy atom. The Kier molecular flexibility index (Phi) is 4.14. The Labute approximate surface area is 120 Å². The summed E-state index contributed by atoms with van der Waals surface area (Å²) in [5, 5.41) is 20.8. The number of rotatable bonds is 4. The number of halogens is 1. The number of aromatic carboxylic acids is 1. The highest BCUT2D eigenvalue weighted by atomic mass is 19.1. The molecule has 21 heavy (non-hydrogen) atoms. The van der Waals surface area contributed by atoms with Gasteiger partial charge in [-0.3, -0.25) is 0 Å².